The third-order valence-corrected chi connectivity index (χ3v) is 5.41. The number of benzene rings is 1. The Morgan fingerprint density at radius 1 is 1.24 bits per heavy atom. The highest BCUT2D eigenvalue weighted by atomic mass is 32.2. The number of carbonyl (C=O) groups is 1. The van der Waals surface area contributed by atoms with Crippen molar-refractivity contribution in [3.63, 3.8) is 0 Å². The number of nitrogens with zero attached hydrogens (tertiary/aromatic N) is 1. The highest BCUT2D eigenvalue weighted by Crippen LogP contribution is 2.34. The summed E-state index contributed by atoms with van der Waals surface area (Å²) in [5, 5.41) is 9.06. The monoisotopic (exact) mass is 323 g/mol. The smallest absolute Gasteiger partial charge is 0.310 e. The van der Waals surface area contributed by atoms with E-state index in [1.54, 1.807) is 0 Å². The second-order valence-corrected chi connectivity index (χ2v) is 7.06. The number of halogens is 3. The van der Waals surface area contributed by atoms with Gasteiger partial charge in [0, 0.05) is 19.2 Å². The Morgan fingerprint density at radius 2 is 1.81 bits per heavy atom. The molecule has 0 aliphatic carbocycles. The molecular formula is C12H12F3NO4S. The summed E-state index contributed by atoms with van der Waals surface area (Å²) in [5.41, 5.74) is -1.29. The van der Waals surface area contributed by atoms with E-state index in [2.05, 4.69) is 0 Å². The molecule has 2 rings (SSSR count). The summed E-state index contributed by atoms with van der Waals surface area (Å²) in [6.45, 7) is 0.874. The minimum atomic E-state index is -4.42. The van der Waals surface area contributed by atoms with Crippen molar-refractivity contribution in [3.8, 4) is 0 Å². The zero-order valence-electron chi connectivity index (χ0n) is 10.9. The van der Waals surface area contributed by atoms with Crippen LogP contribution in [0.2, 0.25) is 0 Å². The van der Waals surface area contributed by atoms with E-state index in [0.29, 0.717) is 0 Å². The molecule has 1 saturated heterocycles. The Kier molecular flexibility index (Phi) is 3.75. The number of hydrogen-bond acceptors (Lipinski definition) is 3. The summed E-state index contributed by atoms with van der Waals surface area (Å²) < 4.78 is 64.8. The van der Waals surface area contributed by atoms with Gasteiger partial charge in [0.15, 0.2) is 11.6 Å². The summed E-state index contributed by atoms with van der Waals surface area (Å²) in [6, 6.07) is 0.408. The SMILES string of the molecule is CC1(C(=O)O)CCN(S(=O)(=O)c2cc(F)c(F)cc2F)C1. The van der Waals surface area contributed by atoms with Crippen LogP contribution >= 0.6 is 0 Å². The number of hydrogen-bond donors (Lipinski definition) is 1. The maximum absolute atomic E-state index is 13.6. The van der Waals surface area contributed by atoms with E-state index in [1.165, 1.54) is 6.92 Å². The first-order chi connectivity index (χ1) is 9.58. The molecule has 1 aromatic carbocycles. The predicted molar refractivity (Wildman–Crippen MR) is 65.4 cm³/mol. The van der Waals surface area contributed by atoms with Crippen molar-refractivity contribution < 1.29 is 31.5 Å². The Bertz CT molecular complexity index is 707. The maximum Gasteiger partial charge on any atom is 0.310 e. The summed E-state index contributed by atoms with van der Waals surface area (Å²) in [7, 11) is -4.42. The molecule has 0 spiro atoms. The topological polar surface area (TPSA) is 74.7 Å². The van der Waals surface area contributed by atoms with Gasteiger partial charge in [-0.25, -0.2) is 21.6 Å². The second-order valence-electron chi connectivity index (χ2n) is 5.15. The Morgan fingerprint density at radius 3 is 2.33 bits per heavy atom. The van der Waals surface area contributed by atoms with Crippen LogP contribution in [0.1, 0.15) is 13.3 Å². The average Bonchev–Trinajstić information content (AvgIpc) is 2.78. The summed E-state index contributed by atoms with van der Waals surface area (Å²) in [6.07, 6.45) is 0.0485. The van der Waals surface area contributed by atoms with E-state index >= 15 is 0 Å². The minimum Gasteiger partial charge on any atom is -0.481 e. The zero-order valence-corrected chi connectivity index (χ0v) is 11.8. The first-order valence-electron chi connectivity index (χ1n) is 5.96. The number of carboxylic acids is 1. The number of aliphatic carboxylic acids is 1. The lowest BCUT2D eigenvalue weighted by atomic mass is 9.90. The summed E-state index contributed by atoms with van der Waals surface area (Å²) >= 11 is 0. The van der Waals surface area contributed by atoms with Gasteiger partial charge in [-0.1, -0.05) is 0 Å². The number of sulfonamides is 1. The zero-order chi connectivity index (χ0) is 16.0. The fourth-order valence-corrected chi connectivity index (χ4v) is 3.76. The maximum atomic E-state index is 13.6. The van der Waals surface area contributed by atoms with Crippen LogP contribution in [0.25, 0.3) is 0 Å². The van der Waals surface area contributed by atoms with E-state index < -0.39 is 43.8 Å². The molecule has 1 aliphatic rings. The van der Waals surface area contributed by atoms with Crippen LogP contribution in [0.4, 0.5) is 13.2 Å². The number of rotatable bonds is 3. The van der Waals surface area contributed by atoms with E-state index in [0.717, 1.165) is 4.31 Å². The van der Waals surface area contributed by atoms with Gasteiger partial charge in [-0.15, -0.1) is 0 Å². The van der Waals surface area contributed by atoms with Crippen LogP contribution in [-0.2, 0) is 14.8 Å². The van der Waals surface area contributed by atoms with Crippen LogP contribution in [0.15, 0.2) is 17.0 Å². The molecule has 0 saturated carbocycles. The molecule has 116 valence electrons. The van der Waals surface area contributed by atoms with Gasteiger partial charge in [0.2, 0.25) is 10.0 Å². The molecule has 0 radical (unpaired) electrons. The van der Waals surface area contributed by atoms with Crippen molar-refractivity contribution in [1.82, 2.24) is 4.31 Å². The molecule has 1 heterocycles. The molecule has 1 unspecified atom stereocenters. The molecular weight excluding hydrogens is 311 g/mol. The van der Waals surface area contributed by atoms with E-state index in [-0.39, 0.29) is 31.6 Å². The summed E-state index contributed by atoms with van der Waals surface area (Å²) in [5.74, 6) is -5.58. The standard InChI is InChI=1S/C12H12F3NO4S/c1-12(11(17)18)2-3-16(6-12)21(19,20)10-5-8(14)7(13)4-9(10)15/h4-5H,2-3,6H2,1H3,(H,17,18). The van der Waals surface area contributed by atoms with Crippen molar-refractivity contribution in [2.24, 2.45) is 5.41 Å². The van der Waals surface area contributed by atoms with Gasteiger partial charge in [0.25, 0.3) is 0 Å². The number of carboxylic acid groups (broad SMARTS) is 1. The van der Waals surface area contributed by atoms with Crippen LogP contribution < -0.4 is 0 Å². The van der Waals surface area contributed by atoms with Crippen molar-refractivity contribution in [1.29, 1.82) is 0 Å². The minimum absolute atomic E-state index is 0.0485. The van der Waals surface area contributed by atoms with E-state index in [1.807, 2.05) is 0 Å². The van der Waals surface area contributed by atoms with Crippen molar-refractivity contribution >= 4 is 16.0 Å². The van der Waals surface area contributed by atoms with Crippen LogP contribution in [0.5, 0.6) is 0 Å². The Labute approximate surface area is 119 Å². The molecule has 1 N–H and O–H groups in total. The normalized spacial score (nSPS) is 23.4. The van der Waals surface area contributed by atoms with Crippen molar-refractivity contribution in [3.05, 3.63) is 29.6 Å². The quantitative estimate of drug-likeness (QED) is 0.857. The molecule has 0 amide bonds. The van der Waals surface area contributed by atoms with E-state index in [4.69, 9.17) is 5.11 Å². The van der Waals surface area contributed by atoms with Crippen molar-refractivity contribution in [2.75, 3.05) is 13.1 Å². The molecule has 1 aromatic rings. The third-order valence-electron chi connectivity index (χ3n) is 3.55. The van der Waals surface area contributed by atoms with Gasteiger partial charge in [-0.2, -0.15) is 4.31 Å². The first kappa shape index (κ1) is 15.8. The van der Waals surface area contributed by atoms with Crippen LogP contribution in [0.3, 0.4) is 0 Å². The van der Waals surface area contributed by atoms with Gasteiger partial charge in [-0.05, 0) is 19.4 Å². The fraction of sp³-hybridized carbons (Fsp3) is 0.417. The molecule has 1 aliphatic heterocycles. The first-order valence-corrected chi connectivity index (χ1v) is 7.40. The molecule has 1 atom stereocenters. The molecule has 0 aromatic heterocycles. The largest absolute Gasteiger partial charge is 0.481 e. The predicted octanol–water partition coefficient (Wildman–Crippen LogP) is 1.59. The lowest BCUT2D eigenvalue weighted by Crippen LogP contribution is -2.35. The fourth-order valence-electron chi connectivity index (χ4n) is 2.14. The van der Waals surface area contributed by atoms with Crippen LogP contribution in [0, 0.1) is 22.9 Å². The molecule has 9 heteroatoms. The van der Waals surface area contributed by atoms with Gasteiger partial charge >= 0.3 is 5.97 Å². The molecule has 5 nitrogen and oxygen atoms in total. The molecule has 0 bridgehead atoms. The van der Waals surface area contributed by atoms with Gasteiger partial charge in [0.1, 0.15) is 10.7 Å². The van der Waals surface area contributed by atoms with Gasteiger partial charge < -0.3 is 5.11 Å². The van der Waals surface area contributed by atoms with Crippen molar-refractivity contribution in [2.45, 2.75) is 18.2 Å². The van der Waals surface area contributed by atoms with Gasteiger partial charge in [0.05, 0.1) is 5.41 Å². The average molecular weight is 323 g/mol. The van der Waals surface area contributed by atoms with Crippen LogP contribution in [-0.4, -0.2) is 36.9 Å². The highest BCUT2D eigenvalue weighted by molar-refractivity contribution is 7.89. The lowest BCUT2D eigenvalue weighted by Gasteiger charge is -2.20. The molecule has 21 heavy (non-hydrogen) atoms. The Balaban J connectivity index is 2.41. The Hall–Kier alpha value is -1.61. The highest BCUT2D eigenvalue weighted by Gasteiger charge is 2.45. The lowest BCUT2D eigenvalue weighted by molar-refractivity contribution is -0.146. The third kappa shape index (κ3) is 2.62. The van der Waals surface area contributed by atoms with Gasteiger partial charge in [-0.3, -0.25) is 4.79 Å². The molecule has 1 fully saturated rings. The second kappa shape index (κ2) is 4.99. The summed E-state index contributed by atoms with van der Waals surface area (Å²) in [4.78, 5) is 10.1. The van der Waals surface area contributed by atoms with E-state index in [9.17, 15) is 26.4 Å².